The zero-order chi connectivity index (χ0) is 20.3. The smallest absolute Gasteiger partial charge is 0.317 e. The summed E-state index contributed by atoms with van der Waals surface area (Å²) in [5, 5.41) is 10.0. The predicted octanol–water partition coefficient (Wildman–Crippen LogP) is 3.55. The minimum atomic E-state index is -1.11. The van der Waals surface area contributed by atoms with Crippen LogP contribution in [0.2, 0.25) is 10.0 Å². The van der Waals surface area contributed by atoms with Crippen LogP contribution in [0.15, 0.2) is 42.5 Å². The summed E-state index contributed by atoms with van der Waals surface area (Å²) < 4.78 is 10.7. The first-order valence-corrected chi connectivity index (χ1v) is 9.37. The predicted molar refractivity (Wildman–Crippen MR) is 104 cm³/mol. The molecule has 0 spiro atoms. The second-order valence-electron chi connectivity index (χ2n) is 6.56. The molecular formula is C20H19Cl2NO5. The standard InChI is InChI=1S/C20H19Cl2NO5/c1-27-19(25)20(11-16(20)18(24)23-26)13-3-2-4-15(9-13)28-8-7-12-5-6-14(21)10-17(12)22/h2-6,9-10,16,26H,7-8,11H2,1H3,(H,23,24)/t16-,20-/m0/s1. The Morgan fingerprint density at radius 2 is 2.04 bits per heavy atom. The molecule has 2 atom stereocenters. The van der Waals surface area contributed by atoms with Crippen LogP contribution >= 0.6 is 23.2 Å². The molecule has 2 aromatic carbocycles. The molecule has 2 aromatic rings. The number of hydroxylamine groups is 1. The van der Waals surface area contributed by atoms with Gasteiger partial charge in [-0.05, 0) is 41.8 Å². The Morgan fingerprint density at radius 1 is 1.25 bits per heavy atom. The summed E-state index contributed by atoms with van der Waals surface area (Å²) in [6.45, 7) is 0.372. The van der Waals surface area contributed by atoms with E-state index in [9.17, 15) is 9.59 Å². The molecule has 1 aliphatic rings. The van der Waals surface area contributed by atoms with Crippen LogP contribution in [0.5, 0.6) is 5.75 Å². The van der Waals surface area contributed by atoms with Crippen LogP contribution in [0.1, 0.15) is 17.5 Å². The van der Waals surface area contributed by atoms with Gasteiger partial charge < -0.3 is 9.47 Å². The molecule has 2 N–H and O–H groups in total. The average Bonchev–Trinajstić information content (AvgIpc) is 3.46. The van der Waals surface area contributed by atoms with Gasteiger partial charge in [-0.3, -0.25) is 14.8 Å². The van der Waals surface area contributed by atoms with Crippen molar-refractivity contribution in [1.82, 2.24) is 5.48 Å². The second-order valence-corrected chi connectivity index (χ2v) is 7.40. The lowest BCUT2D eigenvalue weighted by molar-refractivity contribution is -0.146. The first-order chi connectivity index (χ1) is 13.4. The fourth-order valence-electron chi connectivity index (χ4n) is 3.37. The van der Waals surface area contributed by atoms with E-state index < -0.39 is 23.2 Å². The van der Waals surface area contributed by atoms with Gasteiger partial charge in [0.2, 0.25) is 5.91 Å². The van der Waals surface area contributed by atoms with Crippen LogP contribution in [-0.2, 0) is 26.2 Å². The number of ether oxygens (including phenoxy) is 2. The third kappa shape index (κ3) is 3.94. The number of methoxy groups -OCH3 is 1. The van der Waals surface area contributed by atoms with Crippen LogP contribution in [0.25, 0.3) is 0 Å². The zero-order valence-corrected chi connectivity index (χ0v) is 16.6. The molecule has 6 nitrogen and oxygen atoms in total. The number of benzene rings is 2. The van der Waals surface area contributed by atoms with Gasteiger partial charge in [-0.1, -0.05) is 41.4 Å². The van der Waals surface area contributed by atoms with E-state index in [0.29, 0.717) is 34.4 Å². The summed E-state index contributed by atoms with van der Waals surface area (Å²) >= 11 is 12.1. The Balaban J connectivity index is 1.73. The molecule has 1 saturated carbocycles. The lowest BCUT2D eigenvalue weighted by atomic mass is 9.92. The molecule has 0 bridgehead atoms. The number of carbonyl (C=O) groups is 2. The number of nitrogens with one attached hydrogen (secondary N) is 1. The Labute approximate surface area is 172 Å². The van der Waals surface area contributed by atoms with Crippen molar-refractivity contribution in [2.24, 2.45) is 5.92 Å². The molecule has 0 radical (unpaired) electrons. The van der Waals surface area contributed by atoms with E-state index in [1.165, 1.54) is 7.11 Å². The lowest BCUT2D eigenvalue weighted by Crippen LogP contribution is -2.31. The average molecular weight is 424 g/mol. The Morgan fingerprint density at radius 3 is 2.71 bits per heavy atom. The van der Waals surface area contributed by atoms with Crippen molar-refractivity contribution in [3.63, 3.8) is 0 Å². The molecule has 0 aromatic heterocycles. The third-order valence-corrected chi connectivity index (χ3v) is 5.53. The van der Waals surface area contributed by atoms with E-state index in [2.05, 4.69) is 0 Å². The van der Waals surface area contributed by atoms with Gasteiger partial charge in [0.15, 0.2) is 0 Å². The molecule has 3 rings (SSSR count). The molecule has 148 valence electrons. The van der Waals surface area contributed by atoms with Gasteiger partial charge in [-0.25, -0.2) is 5.48 Å². The number of amides is 1. The van der Waals surface area contributed by atoms with E-state index in [1.807, 2.05) is 6.07 Å². The minimum Gasteiger partial charge on any atom is -0.493 e. The molecule has 8 heteroatoms. The number of hydrogen-bond acceptors (Lipinski definition) is 5. The van der Waals surface area contributed by atoms with Crippen molar-refractivity contribution >= 4 is 35.1 Å². The van der Waals surface area contributed by atoms with E-state index in [-0.39, 0.29) is 6.42 Å². The number of carbonyl (C=O) groups excluding carboxylic acids is 2. The Hall–Kier alpha value is -2.28. The van der Waals surface area contributed by atoms with Crippen molar-refractivity contribution in [2.45, 2.75) is 18.3 Å². The quantitative estimate of drug-likeness (QED) is 0.404. The van der Waals surface area contributed by atoms with Gasteiger partial charge >= 0.3 is 5.97 Å². The summed E-state index contributed by atoms with van der Waals surface area (Å²) in [6.07, 6.45) is 0.841. The maximum Gasteiger partial charge on any atom is 0.317 e. The Bertz CT molecular complexity index is 904. The summed E-state index contributed by atoms with van der Waals surface area (Å²) in [6, 6.07) is 12.3. The number of halogens is 2. The lowest BCUT2D eigenvalue weighted by Gasteiger charge is -2.16. The maximum absolute atomic E-state index is 12.4. The minimum absolute atomic E-state index is 0.260. The molecular weight excluding hydrogens is 405 g/mol. The first kappa shape index (κ1) is 20.5. The largest absolute Gasteiger partial charge is 0.493 e. The van der Waals surface area contributed by atoms with Crippen molar-refractivity contribution in [1.29, 1.82) is 0 Å². The van der Waals surface area contributed by atoms with E-state index in [4.69, 9.17) is 37.9 Å². The summed E-state index contributed by atoms with van der Waals surface area (Å²) in [5.41, 5.74) is 2.01. The van der Waals surface area contributed by atoms with Gasteiger partial charge in [-0.2, -0.15) is 0 Å². The fraction of sp³-hybridized carbons (Fsp3) is 0.300. The van der Waals surface area contributed by atoms with Crippen LogP contribution in [-0.4, -0.2) is 30.8 Å². The van der Waals surface area contributed by atoms with Gasteiger partial charge in [0.1, 0.15) is 11.2 Å². The van der Waals surface area contributed by atoms with E-state index in [1.54, 1.807) is 41.9 Å². The van der Waals surface area contributed by atoms with Crippen molar-refractivity contribution in [3.05, 3.63) is 63.6 Å². The fourth-order valence-corrected chi connectivity index (χ4v) is 3.87. The summed E-state index contributed by atoms with van der Waals surface area (Å²) in [7, 11) is 1.27. The monoisotopic (exact) mass is 423 g/mol. The third-order valence-electron chi connectivity index (χ3n) is 4.94. The maximum atomic E-state index is 12.4. The molecule has 28 heavy (non-hydrogen) atoms. The van der Waals surface area contributed by atoms with Crippen LogP contribution in [0, 0.1) is 5.92 Å². The Kier molecular flexibility index (Phi) is 6.13. The normalized spacial score (nSPS) is 20.4. The molecule has 0 heterocycles. The highest BCUT2D eigenvalue weighted by molar-refractivity contribution is 6.35. The highest BCUT2D eigenvalue weighted by atomic mass is 35.5. The molecule has 1 aliphatic carbocycles. The van der Waals surface area contributed by atoms with Crippen LogP contribution < -0.4 is 10.2 Å². The molecule has 0 aliphatic heterocycles. The van der Waals surface area contributed by atoms with Gasteiger partial charge in [0.25, 0.3) is 0 Å². The van der Waals surface area contributed by atoms with Crippen molar-refractivity contribution < 1.29 is 24.3 Å². The highest BCUT2D eigenvalue weighted by Crippen LogP contribution is 2.55. The van der Waals surface area contributed by atoms with Crippen molar-refractivity contribution in [3.8, 4) is 5.75 Å². The first-order valence-electron chi connectivity index (χ1n) is 8.62. The molecule has 0 unspecified atom stereocenters. The SMILES string of the molecule is COC(=O)[C@]1(c2cccc(OCCc3ccc(Cl)cc3Cl)c2)C[C@H]1C(=O)NO. The van der Waals surface area contributed by atoms with E-state index in [0.717, 1.165) is 5.56 Å². The van der Waals surface area contributed by atoms with Gasteiger partial charge in [-0.15, -0.1) is 0 Å². The van der Waals surface area contributed by atoms with Crippen molar-refractivity contribution in [2.75, 3.05) is 13.7 Å². The number of hydrogen-bond donors (Lipinski definition) is 2. The second kappa shape index (κ2) is 8.39. The highest BCUT2D eigenvalue weighted by Gasteiger charge is 2.65. The molecule has 0 saturated heterocycles. The van der Waals surface area contributed by atoms with E-state index >= 15 is 0 Å². The topological polar surface area (TPSA) is 84.9 Å². The zero-order valence-electron chi connectivity index (χ0n) is 15.1. The van der Waals surface area contributed by atoms with Crippen LogP contribution in [0.3, 0.4) is 0 Å². The number of rotatable bonds is 7. The van der Waals surface area contributed by atoms with Gasteiger partial charge in [0, 0.05) is 16.5 Å². The summed E-state index contributed by atoms with van der Waals surface area (Å²) in [4.78, 5) is 24.2. The van der Waals surface area contributed by atoms with Gasteiger partial charge in [0.05, 0.1) is 19.6 Å². The van der Waals surface area contributed by atoms with Crippen LogP contribution in [0.4, 0.5) is 0 Å². The molecule has 1 amide bonds. The number of esters is 1. The molecule has 1 fully saturated rings. The summed E-state index contributed by atoms with van der Waals surface area (Å²) in [5.74, 6) is -1.27.